The molecule has 8 nitrogen and oxygen atoms in total. The van der Waals surface area contributed by atoms with Crippen molar-refractivity contribution in [1.29, 1.82) is 0 Å². The van der Waals surface area contributed by atoms with E-state index in [2.05, 4.69) is 10.0 Å². The van der Waals surface area contributed by atoms with E-state index >= 15 is 0 Å². The molecule has 156 valence electrons. The molecule has 0 radical (unpaired) electrons. The minimum Gasteiger partial charge on any atom is -0.497 e. The van der Waals surface area contributed by atoms with Crippen LogP contribution in [-0.2, 0) is 19.5 Å². The Hall–Kier alpha value is -2.78. The molecule has 9 heteroatoms. The van der Waals surface area contributed by atoms with Gasteiger partial charge in [-0.2, -0.15) is 0 Å². The van der Waals surface area contributed by atoms with Crippen molar-refractivity contribution in [2.24, 2.45) is 0 Å². The molecule has 0 spiro atoms. The summed E-state index contributed by atoms with van der Waals surface area (Å²) in [5.74, 6) is -0.00358. The smallest absolute Gasteiger partial charge is 0.337 e. The molecule has 0 amide bonds. The first-order valence-electron chi connectivity index (χ1n) is 9.17. The Morgan fingerprint density at radius 3 is 2.55 bits per heavy atom. The normalized spacial score (nSPS) is 16.3. The number of anilines is 2. The van der Waals surface area contributed by atoms with Crippen molar-refractivity contribution in [2.75, 3.05) is 37.4 Å². The molecule has 1 aliphatic heterocycles. The van der Waals surface area contributed by atoms with Gasteiger partial charge in [0.05, 0.1) is 31.6 Å². The van der Waals surface area contributed by atoms with E-state index in [1.807, 2.05) is 0 Å². The third kappa shape index (κ3) is 5.18. The third-order valence-corrected chi connectivity index (χ3v) is 6.00. The minimum atomic E-state index is -3.98. The first kappa shape index (κ1) is 20.9. The topological polar surface area (TPSA) is 103 Å². The lowest BCUT2D eigenvalue weighted by molar-refractivity contribution is 0.0600. The van der Waals surface area contributed by atoms with E-state index in [-0.39, 0.29) is 16.6 Å². The van der Waals surface area contributed by atoms with Gasteiger partial charge in [-0.05, 0) is 55.3 Å². The van der Waals surface area contributed by atoms with Crippen LogP contribution >= 0.6 is 0 Å². The Balaban J connectivity index is 1.89. The molecule has 0 bridgehead atoms. The lowest BCUT2D eigenvalue weighted by Gasteiger charge is -2.17. The predicted molar refractivity (Wildman–Crippen MR) is 109 cm³/mol. The largest absolute Gasteiger partial charge is 0.497 e. The zero-order chi connectivity index (χ0) is 20.9. The molecule has 2 N–H and O–H groups in total. The van der Waals surface area contributed by atoms with Crippen LogP contribution in [0.2, 0.25) is 0 Å². The van der Waals surface area contributed by atoms with Gasteiger partial charge >= 0.3 is 5.97 Å². The van der Waals surface area contributed by atoms with Crippen LogP contribution in [0.15, 0.2) is 47.4 Å². The Kier molecular flexibility index (Phi) is 6.60. The van der Waals surface area contributed by atoms with Crippen molar-refractivity contribution in [1.82, 2.24) is 0 Å². The number of hydrogen-bond acceptors (Lipinski definition) is 7. The number of sulfonamides is 1. The number of nitrogens with one attached hydrogen (secondary N) is 2. The first-order valence-corrected chi connectivity index (χ1v) is 10.7. The van der Waals surface area contributed by atoms with Crippen molar-refractivity contribution >= 4 is 27.4 Å². The van der Waals surface area contributed by atoms with Gasteiger partial charge in [0.15, 0.2) is 0 Å². The standard InChI is InChI=1S/C20H24N2O6S/c1-26-16-8-6-15(7-9-16)22-29(24,25)19-12-14(20(23)27-2)5-10-18(19)21-13-17-4-3-11-28-17/h5-10,12,17,21-22H,3-4,11,13H2,1-2H3/t17-/m1/s1. The van der Waals surface area contributed by atoms with Gasteiger partial charge in [-0.15, -0.1) is 0 Å². The fourth-order valence-corrected chi connectivity index (χ4v) is 4.30. The summed E-state index contributed by atoms with van der Waals surface area (Å²) >= 11 is 0. The molecule has 1 aliphatic rings. The number of benzene rings is 2. The van der Waals surface area contributed by atoms with Gasteiger partial charge in [0, 0.05) is 18.8 Å². The SMILES string of the molecule is COC(=O)c1ccc(NC[C@H]2CCCO2)c(S(=O)(=O)Nc2ccc(OC)cc2)c1. The average molecular weight is 420 g/mol. The maximum atomic E-state index is 13.1. The molecule has 0 saturated carbocycles. The van der Waals surface area contributed by atoms with E-state index < -0.39 is 16.0 Å². The average Bonchev–Trinajstić information content (AvgIpc) is 3.25. The van der Waals surface area contributed by atoms with E-state index in [0.29, 0.717) is 30.3 Å². The highest BCUT2D eigenvalue weighted by atomic mass is 32.2. The summed E-state index contributed by atoms with van der Waals surface area (Å²) in [6, 6.07) is 10.9. The Bertz CT molecular complexity index is 953. The number of esters is 1. The summed E-state index contributed by atoms with van der Waals surface area (Å²) in [6.45, 7) is 1.18. The van der Waals surface area contributed by atoms with Crippen molar-refractivity contribution in [2.45, 2.75) is 23.8 Å². The Morgan fingerprint density at radius 1 is 1.17 bits per heavy atom. The molecular weight excluding hydrogens is 396 g/mol. The van der Waals surface area contributed by atoms with Crippen LogP contribution in [0.5, 0.6) is 5.75 Å². The Morgan fingerprint density at radius 2 is 1.93 bits per heavy atom. The highest BCUT2D eigenvalue weighted by molar-refractivity contribution is 7.92. The van der Waals surface area contributed by atoms with E-state index in [0.717, 1.165) is 12.8 Å². The van der Waals surface area contributed by atoms with Crippen LogP contribution < -0.4 is 14.8 Å². The number of methoxy groups -OCH3 is 2. The minimum absolute atomic E-state index is 0.0281. The fourth-order valence-electron chi connectivity index (χ4n) is 3.03. The number of hydrogen-bond donors (Lipinski definition) is 2. The molecule has 3 rings (SSSR count). The molecule has 1 saturated heterocycles. The molecule has 0 unspecified atom stereocenters. The van der Waals surface area contributed by atoms with Gasteiger partial charge in [0.25, 0.3) is 10.0 Å². The van der Waals surface area contributed by atoms with E-state index in [1.165, 1.54) is 26.4 Å². The van der Waals surface area contributed by atoms with E-state index in [1.54, 1.807) is 30.3 Å². The summed E-state index contributed by atoms with van der Waals surface area (Å²) in [4.78, 5) is 11.9. The van der Waals surface area contributed by atoms with E-state index in [4.69, 9.17) is 14.2 Å². The second-order valence-electron chi connectivity index (χ2n) is 6.55. The van der Waals surface area contributed by atoms with Crippen LogP contribution in [0, 0.1) is 0 Å². The van der Waals surface area contributed by atoms with Gasteiger partial charge in [-0.25, -0.2) is 13.2 Å². The molecule has 1 fully saturated rings. The zero-order valence-electron chi connectivity index (χ0n) is 16.3. The second kappa shape index (κ2) is 9.15. The lowest BCUT2D eigenvalue weighted by atomic mass is 10.2. The van der Waals surface area contributed by atoms with Crippen LogP contribution in [-0.4, -0.2) is 47.9 Å². The molecule has 29 heavy (non-hydrogen) atoms. The first-order chi connectivity index (χ1) is 13.9. The molecule has 1 heterocycles. The molecule has 2 aromatic carbocycles. The summed E-state index contributed by atoms with van der Waals surface area (Å²) in [5, 5.41) is 3.13. The van der Waals surface area contributed by atoms with Crippen LogP contribution in [0.1, 0.15) is 23.2 Å². The molecular formula is C20H24N2O6S. The molecule has 0 aromatic heterocycles. The van der Waals surface area contributed by atoms with E-state index in [9.17, 15) is 13.2 Å². The van der Waals surface area contributed by atoms with Gasteiger partial charge < -0.3 is 19.5 Å². The van der Waals surface area contributed by atoms with Crippen LogP contribution in [0.4, 0.5) is 11.4 Å². The Labute approximate surface area is 170 Å². The maximum absolute atomic E-state index is 13.1. The van der Waals surface area contributed by atoms with Gasteiger partial charge in [-0.3, -0.25) is 4.72 Å². The highest BCUT2D eigenvalue weighted by Gasteiger charge is 2.23. The summed E-state index contributed by atoms with van der Waals surface area (Å²) in [7, 11) is -1.20. The van der Waals surface area contributed by atoms with Crippen molar-refractivity contribution in [3.63, 3.8) is 0 Å². The summed E-state index contributed by atoms with van der Waals surface area (Å²) < 4.78 is 44.1. The molecule has 0 aliphatic carbocycles. The predicted octanol–water partition coefficient (Wildman–Crippen LogP) is 2.87. The fraction of sp³-hybridized carbons (Fsp3) is 0.350. The van der Waals surface area contributed by atoms with Gasteiger partial charge in [0.1, 0.15) is 10.6 Å². The third-order valence-electron chi connectivity index (χ3n) is 4.58. The zero-order valence-corrected chi connectivity index (χ0v) is 17.1. The van der Waals surface area contributed by atoms with Crippen molar-refractivity contribution in [3.8, 4) is 5.75 Å². The number of carbonyl (C=O) groups excluding carboxylic acids is 1. The number of ether oxygens (including phenoxy) is 3. The number of carbonyl (C=O) groups is 1. The quantitative estimate of drug-likeness (QED) is 0.633. The number of rotatable bonds is 8. The maximum Gasteiger partial charge on any atom is 0.337 e. The second-order valence-corrected chi connectivity index (χ2v) is 8.20. The van der Waals surface area contributed by atoms with Gasteiger partial charge in [0.2, 0.25) is 0 Å². The van der Waals surface area contributed by atoms with Gasteiger partial charge in [-0.1, -0.05) is 0 Å². The lowest BCUT2D eigenvalue weighted by Crippen LogP contribution is -2.21. The van der Waals surface area contributed by atoms with Crippen LogP contribution in [0.3, 0.4) is 0 Å². The van der Waals surface area contributed by atoms with Crippen molar-refractivity contribution < 1.29 is 27.4 Å². The molecule has 2 aromatic rings. The van der Waals surface area contributed by atoms with Crippen LogP contribution in [0.25, 0.3) is 0 Å². The molecule has 1 atom stereocenters. The highest BCUT2D eigenvalue weighted by Crippen LogP contribution is 2.27. The monoisotopic (exact) mass is 420 g/mol. The summed E-state index contributed by atoms with van der Waals surface area (Å²) in [6.07, 6.45) is 1.93. The summed E-state index contributed by atoms with van der Waals surface area (Å²) in [5.41, 5.74) is 0.902. The van der Waals surface area contributed by atoms with Crippen molar-refractivity contribution in [3.05, 3.63) is 48.0 Å².